The molecule has 0 aromatic rings. The molecule has 1 aliphatic rings. The van der Waals surface area contributed by atoms with E-state index in [1.165, 1.54) is 0 Å². The van der Waals surface area contributed by atoms with E-state index in [0.717, 1.165) is 19.4 Å². The van der Waals surface area contributed by atoms with Crippen LogP contribution in [-0.4, -0.2) is 41.5 Å². The molecule has 0 bridgehead atoms. The Balaban J connectivity index is 2.49. The zero-order chi connectivity index (χ0) is 12.1. The van der Waals surface area contributed by atoms with Crippen molar-refractivity contribution in [2.75, 3.05) is 19.6 Å². The molecule has 1 heterocycles. The van der Waals surface area contributed by atoms with E-state index in [4.69, 9.17) is 10.8 Å². The van der Waals surface area contributed by atoms with Gasteiger partial charge in [0.2, 0.25) is 5.91 Å². The van der Waals surface area contributed by atoms with Crippen molar-refractivity contribution in [3.8, 4) is 0 Å². The number of hydrogen-bond acceptors (Lipinski definition) is 3. The third-order valence-corrected chi connectivity index (χ3v) is 3.07. The van der Waals surface area contributed by atoms with Crippen LogP contribution in [0.25, 0.3) is 0 Å². The number of carbonyl (C=O) groups is 2. The van der Waals surface area contributed by atoms with Gasteiger partial charge in [-0.05, 0) is 18.8 Å². The Kier molecular flexibility index (Phi) is 4.73. The smallest absolute Gasteiger partial charge is 0.303 e. The topological polar surface area (TPSA) is 83.6 Å². The lowest BCUT2D eigenvalue weighted by Crippen LogP contribution is -2.44. The number of hydrogen-bond donors (Lipinski definition) is 2. The fourth-order valence-corrected chi connectivity index (χ4v) is 2.09. The van der Waals surface area contributed by atoms with E-state index in [2.05, 4.69) is 0 Å². The highest BCUT2D eigenvalue weighted by Gasteiger charge is 2.27. The molecule has 1 saturated heterocycles. The summed E-state index contributed by atoms with van der Waals surface area (Å²) in [6, 6.07) is 0. The number of nitrogens with two attached hydrogens (primary N) is 1. The van der Waals surface area contributed by atoms with Gasteiger partial charge in [-0.1, -0.05) is 6.92 Å². The molecule has 0 aliphatic carbocycles. The van der Waals surface area contributed by atoms with E-state index in [9.17, 15) is 9.59 Å². The van der Waals surface area contributed by atoms with E-state index >= 15 is 0 Å². The Labute approximate surface area is 95.6 Å². The number of piperidine rings is 1. The van der Waals surface area contributed by atoms with Crippen LogP contribution in [0, 0.1) is 11.8 Å². The summed E-state index contributed by atoms with van der Waals surface area (Å²) >= 11 is 0. The fraction of sp³-hybridized carbons (Fsp3) is 0.818. The van der Waals surface area contributed by atoms with Gasteiger partial charge in [-0.3, -0.25) is 9.59 Å². The van der Waals surface area contributed by atoms with E-state index < -0.39 is 5.97 Å². The summed E-state index contributed by atoms with van der Waals surface area (Å²) in [6.07, 6.45) is 1.94. The number of carbonyl (C=O) groups excluding carboxylic acids is 1. The molecule has 0 aromatic heterocycles. The molecule has 5 heteroatoms. The van der Waals surface area contributed by atoms with Crippen molar-refractivity contribution in [3.05, 3.63) is 0 Å². The van der Waals surface area contributed by atoms with Crippen LogP contribution in [0.3, 0.4) is 0 Å². The number of carboxylic acid groups (broad SMARTS) is 1. The largest absolute Gasteiger partial charge is 0.481 e. The van der Waals surface area contributed by atoms with Gasteiger partial charge < -0.3 is 15.7 Å². The van der Waals surface area contributed by atoms with Gasteiger partial charge in [0.05, 0.1) is 0 Å². The van der Waals surface area contributed by atoms with Gasteiger partial charge in [0, 0.05) is 32.0 Å². The molecule has 2 unspecified atom stereocenters. The van der Waals surface area contributed by atoms with Crippen LogP contribution in [0.2, 0.25) is 0 Å². The molecule has 2 atom stereocenters. The Morgan fingerprint density at radius 2 is 2.25 bits per heavy atom. The molecule has 0 radical (unpaired) electrons. The van der Waals surface area contributed by atoms with Gasteiger partial charge in [-0.2, -0.15) is 0 Å². The Morgan fingerprint density at radius 3 is 2.81 bits per heavy atom. The van der Waals surface area contributed by atoms with Crippen LogP contribution in [0.1, 0.15) is 26.2 Å². The van der Waals surface area contributed by atoms with Crippen LogP contribution in [0.4, 0.5) is 0 Å². The van der Waals surface area contributed by atoms with Gasteiger partial charge >= 0.3 is 5.97 Å². The van der Waals surface area contributed by atoms with Crippen molar-refractivity contribution in [1.82, 2.24) is 4.90 Å². The Hall–Kier alpha value is -1.10. The maximum atomic E-state index is 11.9. The molecule has 16 heavy (non-hydrogen) atoms. The summed E-state index contributed by atoms with van der Waals surface area (Å²) in [6.45, 7) is 3.46. The van der Waals surface area contributed by atoms with E-state index in [1.807, 2.05) is 6.92 Å². The number of nitrogens with zero attached hydrogens (tertiary/aromatic N) is 1. The molecule has 1 amide bonds. The van der Waals surface area contributed by atoms with Crippen LogP contribution in [0.15, 0.2) is 0 Å². The van der Waals surface area contributed by atoms with Gasteiger partial charge in [0.1, 0.15) is 0 Å². The number of rotatable bonds is 4. The standard InChI is InChI=1S/C11H20N2O3/c1-8(6-12)11(16)13-4-2-3-9(7-13)5-10(14)15/h8-9H,2-7,12H2,1H3,(H,14,15). The summed E-state index contributed by atoms with van der Waals surface area (Å²) in [7, 11) is 0. The highest BCUT2D eigenvalue weighted by atomic mass is 16.4. The zero-order valence-corrected chi connectivity index (χ0v) is 9.69. The molecule has 5 nitrogen and oxygen atoms in total. The predicted molar refractivity (Wildman–Crippen MR) is 59.8 cm³/mol. The molecule has 0 saturated carbocycles. The molecule has 0 aromatic carbocycles. The average Bonchev–Trinajstić information content (AvgIpc) is 2.26. The van der Waals surface area contributed by atoms with Crippen molar-refractivity contribution in [1.29, 1.82) is 0 Å². The Bertz CT molecular complexity index is 268. The summed E-state index contributed by atoms with van der Waals surface area (Å²) in [5, 5.41) is 8.72. The van der Waals surface area contributed by atoms with Crippen LogP contribution >= 0.6 is 0 Å². The molecule has 92 valence electrons. The normalized spacial score (nSPS) is 22.9. The van der Waals surface area contributed by atoms with Crippen molar-refractivity contribution < 1.29 is 14.7 Å². The van der Waals surface area contributed by atoms with Gasteiger partial charge in [0.15, 0.2) is 0 Å². The van der Waals surface area contributed by atoms with Crippen LogP contribution in [-0.2, 0) is 9.59 Å². The van der Waals surface area contributed by atoms with E-state index in [0.29, 0.717) is 13.1 Å². The van der Waals surface area contributed by atoms with Gasteiger partial charge in [0.25, 0.3) is 0 Å². The second-order valence-corrected chi connectivity index (χ2v) is 4.53. The lowest BCUT2D eigenvalue weighted by atomic mass is 9.94. The molecule has 0 spiro atoms. The van der Waals surface area contributed by atoms with Crippen molar-refractivity contribution in [2.24, 2.45) is 17.6 Å². The number of amides is 1. The summed E-state index contributed by atoms with van der Waals surface area (Å²) in [4.78, 5) is 24.2. The van der Waals surface area contributed by atoms with Crippen molar-refractivity contribution >= 4 is 11.9 Å². The van der Waals surface area contributed by atoms with Crippen LogP contribution < -0.4 is 5.73 Å². The minimum Gasteiger partial charge on any atom is -0.481 e. The highest BCUT2D eigenvalue weighted by Crippen LogP contribution is 2.20. The monoisotopic (exact) mass is 228 g/mol. The molecule has 1 rings (SSSR count). The van der Waals surface area contributed by atoms with E-state index in [1.54, 1.807) is 4.90 Å². The first-order chi connectivity index (χ1) is 7.54. The molecule has 3 N–H and O–H groups in total. The maximum Gasteiger partial charge on any atom is 0.303 e. The minimum absolute atomic E-state index is 0.0533. The minimum atomic E-state index is -0.786. The molecular weight excluding hydrogens is 208 g/mol. The summed E-state index contributed by atoms with van der Waals surface area (Å²) in [5.41, 5.74) is 5.45. The van der Waals surface area contributed by atoms with Gasteiger partial charge in [-0.25, -0.2) is 0 Å². The quantitative estimate of drug-likeness (QED) is 0.724. The number of aliphatic carboxylic acids is 1. The van der Waals surface area contributed by atoms with E-state index in [-0.39, 0.29) is 24.2 Å². The molecule has 1 aliphatic heterocycles. The number of carboxylic acids is 1. The molecular formula is C11H20N2O3. The SMILES string of the molecule is CC(CN)C(=O)N1CCCC(CC(=O)O)C1. The predicted octanol–water partition coefficient (Wildman–Crippen LogP) is 0.295. The van der Waals surface area contributed by atoms with Crippen molar-refractivity contribution in [2.45, 2.75) is 26.2 Å². The first-order valence-electron chi connectivity index (χ1n) is 5.75. The molecule has 1 fully saturated rings. The second-order valence-electron chi connectivity index (χ2n) is 4.53. The maximum absolute atomic E-state index is 11.9. The second kappa shape index (κ2) is 5.84. The Morgan fingerprint density at radius 1 is 1.56 bits per heavy atom. The third-order valence-electron chi connectivity index (χ3n) is 3.07. The summed E-state index contributed by atoms with van der Waals surface area (Å²) in [5.74, 6) is -0.799. The zero-order valence-electron chi connectivity index (χ0n) is 9.69. The lowest BCUT2D eigenvalue weighted by Gasteiger charge is -2.33. The highest BCUT2D eigenvalue weighted by molar-refractivity contribution is 5.79. The van der Waals surface area contributed by atoms with Crippen LogP contribution in [0.5, 0.6) is 0 Å². The van der Waals surface area contributed by atoms with Gasteiger partial charge in [-0.15, -0.1) is 0 Å². The fourth-order valence-electron chi connectivity index (χ4n) is 2.09. The number of likely N-dealkylation sites (tertiary alicyclic amines) is 1. The van der Waals surface area contributed by atoms with Crippen molar-refractivity contribution in [3.63, 3.8) is 0 Å². The first kappa shape index (κ1) is 13.0. The average molecular weight is 228 g/mol. The lowest BCUT2D eigenvalue weighted by molar-refractivity contribution is -0.141. The first-order valence-corrected chi connectivity index (χ1v) is 5.75. The summed E-state index contributed by atoms with van der Waals surface area (Å²) < 4.78 is 0. The third kappa shape index (κ3) is 3.48.